The van der Waals surface area contributed by atoms with Crippen molar-refractivity contribution in [3.8, 4) is 0 Å². The van der Waals surface area contributed by atoms with E-state index in [1.165, 1.54) is 5.51 Å². The summed E-state index contributed by atoms with van der Waals surface area (Å²) in [4.78, 5) is 13.4. The van der Waals surface area contributed by atoms with Gasteiger partial charge in [-0.2, -0.15) is 8.78 Å². The SMILES string of the molecule is O=C(O)CC(F)(F)c1cscn1. The minimum absolute atomic E-state index is 0.477. The first-order valence-electron chi connectivity index (χ1n) is 3.00. The van der Waals surface area contributed by atoms with Gasteiger partial charge in [-0.1, -0.05) is 0 Å². The highest BCUT2D eigenvalue weighted by Crippen LogP contribution is 2.30. The molecule has 1 rings (SSSR count). The van der Waals surface area contributed by atoms with Crippen LogP contribution in [0.25, 0.3) is 0 Å². The van der Waals surface area contributed by atoms with Gasteiger partial charge in [-0.25, -0.2) is 4.98 Å². The van der Waals surface area contributed by atoms with Crippen LogP contribution < -0.4 is 0 Å². The number of hydrogen-bond donors (Lipinski definition) is 1. The average molecular weight is 193 g/mol. The number of carboxylic acids is 1. The minimum atomic E-state index is -3.36. The molecule has 0 atom stereocenters. The number of nitrogens with zero attached hydrogens (tertiary/aromatic N) is 1. The van der Waals surface area contributed by atoms with Crippen LogP contribution in [0, 0.1) is 0 Å². The maximum atomic E-state index is 12.8. The Kier molecular flexibility index (Phi) is 2.37. The van der Waals surface area contributed by atoms with Gasteiger partial charge in [-0.05, 0) is 0 Å². The van der Waals surface area contributed by atoms with E-state index in [0.29, 0.717) is 0 Å². The molecule has 0 radical (unpaired) electrons. The zero-order valence-corrected chi connectivity index (χ0v) is 6.65. The predicted octanol–water partition coefficient (Wildman–Crippen LogP) is 1.71. The number of carbonyl (C=O) groups is 1. The number of aliphatic carboxylic acids is 1. The van der Waals surface area contributed by atoms with Crippen LogP contribution in [0.4, 0.5) is 8.78 Å². The van der Waals surface area contributed by atoms with Crippen LogP contribution in [0.3, 0.4) is 0 Å². The number of hydrogen-bond acceptors (Lipinski definition) is 3. The van der Waals surface area contributed by atoms with Crippen molar-refractivity contribution in [3.63, 3.8) is 0 Å². The molecule has 0 amide bonds. The van der Waals surface area contributed by atoms with E-state index >= 15 is 0 Å². The van der Waals surface area contributed by atoms with Crippen LogP contribution in [0.15, 0.2) is 10.9 Å². The Hall–Kier alpha value is -1.04. The summed E-state index contributed by atoms with van der Waals surface area (Å²) in [5.74, 6) is -4.89. The Morgan fingerprint density at radius 2 is 2.42 bits per heavy atom. The molecule has 1 aromatic heterocycles. The Morgan fingerprint density at radius 3 is 2.83 bits per heavy atom. The van der Waals surface area contributed by atoms with Crippen molar-refractivity contribution in [2.45, 2.75) is 12.3 Å². The fourth-order valence-electron chi connectivity index (χ4n) is 0.674. The maximum Gasteiger partial charge on any atom is 0.309 e. The van der Waals surface area contributed by atoms with Crippen molar-refractivity contribution in [3.05, 3.63) is 16.6 Å². The lowest BCUT2D eigenvalue weighted by Gasteiger charge is -2.09. The van der Waals surface area contributed by atoms with Crippen LogP contribution >= 0.6 is 11.3 Å². The van der Waals surface area contributed by atoms with E-state index in [1.54, 1.807) is 0 Å². The summed E-state index contributed by atoms with van der Waals surface area (Å²) in [5, 5.41) is 9.29. The molecule has 0 saturated carbocycles. The summed E-state index contributed by atoms with van der Waals surface area (Å²) in [7, 11) is 0. The second-order valence-electron chi connectivity index (χ2n) is 2.15. The Balaban J connectivity index is 2.79. The quantitative estimate of drug-likeness (QED) is 0.794. The fraction of sp³-hybridized carbons (Fsp3) is 0.333. The van der Waals surface area contributed by atoms with Gasteiger partial charge < -0.3 is 5.11 Å². The van der Waals surface area contributed by atoms with Gasteiger partial charge in [0.1, 0.15) is 12.1 Å². The van der Waals surface area contributed by atoms with Gasteiger partial charge in [0.15, 0.2) is 0 Å². The van der Waals surface area contributed by atoms with Crippen molar-refractivity contribution in [2.24, 2.45) is 0 Å². The molecule has 0 saturated heterocycles. The molecule has 6 heteroatoms. The molecule has 0 aliphatic rings. The third-order valence-corrected chi connectivity index (χ3v) is 1.77. The molecule has 1 aromatic rings. The van der Waals surface area contributed by atoms with E-state index in [9.17, 15) is 13.6 Å². The zero-order chi connectivity index (χ0) is 9.19. The standard InChI is InChI=1S/C6H5F2NO2S/c7-6(8,1-5(10)11)4-2-12-3-9-4/h2-3H,1H2,(H,10,11). The number of alkyl halides is 2. The fourth-order valence-corrected chi connectivity index (χ4v) is 1.27. The van der Waals surface area contributed by atoms with Crippen LogP contribution in [-0.2, 0) is 10.7 Å². The Labute approximate surface area is 70.7 Å². The molecule has 0 bridgehead atoms. The van der Waals surface area contributed by atoms with Gasteiger partial charge in [0.05, 0.1) is 5.51 Å². The van der Waals surface area contributed by atoms with Gasteiger partial charge >= 0.3 is 11.9 Å². The van der Waals surface area contributed by atoms with Gasteiger partial charge in [0, 0.05) is 5.38 Å². The lowest BCUT2D eigenvalue weighted by atomic mass is 10.2. The smallest absolute Gasteiger partial charge is 0.309 e. The Bertz CT molecular complexity index is 273. The van der Waals surface area contributed by atoms with Crippen molar-refractivity contribution in [2.75, 3.05) is 0 Å². The van der Waals surface area contributed by atoms with Crippen molar-refractivity contribution < 1.29 is 18.7 Å². The second kappa shape index (κ2) is 3.14. The number of thiazole rings is 1. The summed E-state index contributed by atoms with van der Waals surface area (Å²) in [6.45, 7) is 0. The second-order valence-corrected chi connectivity index (χ2v) is 2.87. The van der Waals surface area contributed by atoms with E-state index < -0.39 is 24.0 Å². The van der Waals surface area contributed by atoms with Crippen molar-refractivity contribution in [1.29, 1.82) is 0 Å². The number of carboxylic acid groups (broad SMARTS) is 1. The van der Waals surface area contributed by atoms with Crippen LogP contribution in [-0.4, -0.2) is 16.1 Å². The first-order chi connectivity index (χ1) is 5.52. The number of aromatic nitrogens is 1. The first kappa shape index (κ1) is 9.05. The molecule has 66 valence electrons. The van der Waals surface area contributed by atoms with Gasteiger partial charge in [0.25, 0.3) is 0 Å². The first-order valence-corrected chi connectivity index (χ1v) is 3.95. The van der Waals surface area contributed by atoms with E-state index in [0.717, 1.165) is 16.7 Å². The third kappa shape index (κ3) is 1.97. The molecule has 0 aliphatic carbocycles. The largest absolute Gasteiger partial charge is 0.481 e. The van der Waals surface area contributed by atoms with E-state index in [2.05, 4.69) is 4.98 Å². The lowest BCUT2D eigenvalue weighted by molar-refractivity contribution is -0.145. The molecule has 3 nitrogen and oxygen atoms in total. The molecule has 0 aliphatic heterocycles. The van der Waals surface area contributed by atoms with Crippen molar-refractivity contribution >= 4 is 17.3 Å². The van der Waals surface area contributed by atoms with E-state index in [4.69, 9.17) is 5.11 Å². The zero-order valence-electron chi connectivity index (χ0n) is 5.83. The Morgan fingerprint density at radius 1 is 1.75 bits per heavy atom. The van der Waals surface area contributed by atoms with Crippen LogP contribution in [0.5, 0.6) is 0 Å². The molecule has 0 unspecified atom stereocenters. The lowest BCUT2D eigenvalue weighted by Crippen LogP contribution is -2.18. The van der Waals surface area contributed by atoms with E-state index in [1.807, 2.05) is 0 Å². The summed E-state index contributed by atoms with van der Waals surface area (Å²) < 4.78 is 25.6. The highest BCUT2D eigenvalue weighted by atomic mass is 32.1. The van der Waals surface area contributed by atoms with Crippen LogP contribution in [0.1, 0.15) is 12.1 Å². The van der Waals surface area contributed by atoms with Crippen LogP contribution in [0.2, 0.25) is 0 Å². The molecule has 1 N–H and O–H groups in total. The summed E-state index contributed by atoms with van der Waals surface area (Å²) in [6.07, 6.45) is -1.21. The van der Waals surface area contributed by atoms with Gasteiger partial charge in [-0.3, -0.25) is 4.79 Å². The topological polar surface area (TPSA) is 50.2 Å². The van der Waals surface area contributed by atoms with Gasteiger partial charge in [-0.15, -0.1) is 11.3 Å². The molecule has 0 aromatic carbocycles. The van der Waals surface area contributed by atoms with E-state index in [-0.39, 0.29) is 0 Å². The highest BCUT2D eigenvalue weighted by molar-refractivity contribution is 7.07. The third-order valence-electron chi connectivity index (χ3n) is 1.18. The molecule has 0 fully saturated rings. The predicted molar refractivity (Wildman–Crippen MR) is 38.3 cm³/mol. The molecule has 1 heterocycles. The molecule has 12 heavy (non-hydrogen) atoms. The average Bonchev–Trinajstić information content (AvgIpc) is 2.32. The highest BCUT2D eigenvalue weighted by Gasteiger charge is 2.36. The number of halogens is 2. The van der Waals surface area contributed by atoms with Gasteiger partial charge in [0.2, 0.25) is 0 Å². The summed E-state index contributed by atoms with van der Waals surface area (Å²) in [6, 6.07) is 0. The molecular formula is C6H5F2NO2S. The minimum Gasteiger partial charge on any atom is -0.481 e. The number of rotatable bonds is 3. The molecular weight excluding hydrogens is 188 g/mol. The summed E-state index contributed by atoms with van der Waals surface area (Å²) >= 11 is 1.01. The monoisotopic (exact) mass is 193 g/mol. The van der Waals surface area contributed by atoms with Crippen molar-refractivity contribution in [1.82, 2.24) is 4.98 Å². The molecule has 0 spiro atoms. The normalized spacial score (nSPS) is 11.5. The summed E-state index contributed by atoms with van der Waals surface area (Å²) in [5.41, 5.74) is 0.764. The maximum absolute atomic E-state index is 12.8.